The zero-order valence-corrected chi connectivity index (χ0v) is 11.3. The number of nitrogens with one attached hydrogen (secondary N) is 1. The highest BCUT2D eigenvalue weighted by Gasteiger charge is 2.22. The van der Waals surface area contributed by atoms with Crippen LogP contribution in [0.3, 0.4) is 0 Å². The molecule has 2 rings (SSSR count). The van der Waals surface area contributed by atoms with Crippen LogP contribution < -0.4 is 10.1 Å². The average molecular weight is 269 g/mol. The van der Waals surface area contributed by atoms with Crippen molar-refractivity contribution in [2.75, 3.05) is 26.7 Å². The first-order chi connectivity index (χ1) is 8.61. The first kappa shape index (κ1) is 13.2. The molecule has 1 aromatic carbocycles. The quantitative estimate of drug-likeness (QED) is 0.889. The van der Waals surface area contributed by atoms with Gasteiger partial charge in [-0.15, -0.1) is 0 Å². The number of rotatable bonds is 2. The van der Waals surface area contributed by atoms with Crippen LogP contribution in [0.5, 0.6) is 5.75 Å². The van der Waals surface area contributed by atoms with E-state index in [0.29, 0.717) is 22.4 Å². The molecule has 1 N–H and O–H groups in total. The van der Waals surface area contributed by atoms with E-state index in [0.717, 1.165) is 19.6 Å². The number of piperazine rings is 1. The third kappa shape index (κ3) is 2.76. The lowest BCUT2D eigenvalue weighted by molar-refractivity contribution is 0.0709. The Bertz CT molecular complexity index is 451. The summed E-state index contributed by atoms with van der Waals surface area (Å²) in [6, 6.07) is 5.47. The van der Waals surface area contributed by atoms with E-state index < -0.39 is 0 Å². The van der Waals surface area contributed by atoms with Gasteiger partial charge >= 0.3 is 0 Å². The fourth-order valence-corrected chi connectivity index (χ4v) is 2.36. The Morgan fingerprint density at radius 3 is 2.94 bits per heavy atom. The van der Waals surface area contributed by atoms with Gasteiger partial charge in [0.2, 0.25) is 0 Å². The molecule has 1 aromatic rings. The van der Waals surface area contributed by atoms with E-state index in [4.69, 9.17) is 16.3 Å². The Morgan fingerprint density at radius 1 is 1.56 bits per heavy atom. The molecule has 1 amide bonds. The summed E-state index contributed by atoms with van der Waals surface area (Å²) in [5.41, 5.74) is 0.606. The Hall–Kier alpha value is -1.26. The van der Waals surface area contributed by atoms with Crippen molar-refractivity contribution in [3.63, 3.8) is 0 Å². The molecule has 1 saturated heterocycles. The number of hydrogen-bond acceptors (Lipinski definition) is 3. The second kappa shape index (κ2) is 5.59. The highest BCUT2D eigenvalue weighted by atomic mass is 35.5. The second-order valence-corrected chi connectivity index (χ2v) is 4.86. The molecule has 18 heavy (non-hydrogen) atoms. The average Bonchev–Trinajstić information content (AvgIpc) is 2.37. The van der Waals surface area contributed by atoms with E-state index in [1.165, 1.54) is 0 Å². The molecule has 1 aliphatic heterocycles. The number of carbonyl (C=O) groups is 1. The van der Waals surface area contributed by atoms with Crippen molar-refractivity contribution in [3.05, 3.63) is 28.8 Å². The van der Waals surface area contributed by atoms with Gasteiger partial charge in [0.25, 0.3) is 5.91 Å². The van der Waals surface area contributed by atoms with Gasteiger partial charge in [-0.2, -0.15) is 0 Å². The van der Waals surface area contributed by atoms with Crippen molar-refractivity contribution >= 4 is 17.5 Å². The van der Waals surface area contributed by atoms with Crippen LogP contribution >= 0.6 is 11.6 Å². The van der Waals surface area contributed by atoms with Crippen molar-refractivity contribution in [1.29, 1.82) is 0 Å². The summed E-state index contributed by atoms with van der Waals surface area (Å²) in [4.78, 5) is 14.1. The molecule has 0 bridgehead atoms. The summed E-state index contributed by atoms with van der Waals surface area (Å²) in [6.07, 6.45) is 0. The number of amides is 1. The predicted octanol–water partition coefficient (Wildman–Crippen LogP) is 1.78. The van der Waals surface area contributed by atoms with Gasteiger partial charge in [0.1, 0.15) is 5.75 Å². The van der Waals surface area contributed by atoms with E-state index in [9.17, 15) is 4.79 Å². The van der Waals surface area contributed by atoms with E-state index in [1.807, 2.05) is 4.90 Å². The molecule has 0 aliphatic carbocycles. The molecule has 1 heterocycles. The third-order valence-electron chi connectivity index (χ3n) is 3.05. The van der Waals surface area contributed by atoms with E-state index >= 15 is 0 Å². The van der Waals surface area contributed by atoms with Gasteiger partial charge in [-0.1, -0.05) is 11.6 Å². The largest absolute Gasteiger partial charge is 0.495 e. The zero-order valence-electron chi connectivity index (χ0n) is 10.6. The Kier molecular flexibility index (Phi) is 4.09. The van der Waals surface area contributed by atoms with Crippen molar-refractivity contribution < 1.29 is 9.53 Å². The fourth-order valence-electron chi connectivity index (χ4n) is 2.10. The summed E-state index contributed by atoms with van der Waals surface area (Å²) >= 11 is 6.03. The maximum absolute atomic E-state index is 12.3. The number of nitrogens with zero attached hydrogens (tertiary/aromatic N) is 1. The molecule has 0 aromatic heterocycles. The van der Waals surface area contributed by atoms with Crippen molar-refractivity contribution in [2.24, 2.45) is 0 Å². The van der Waals surface area contributed by atoms with Crippen LogP contribution in [0.4, 0.5) is 0 Å². The van der Waals surface area contributed by atoms with Crippen LogP contribution in [0.1, 0.15) is 17.3 Å². The SMILES string of the molecule is COc1ccc(C(=O)N2CCNC(C)C2)cc1Cl. The molecule has 98 valence electrons. The minimum Gasteiger partial charge on any atom is -0.495 e. The highest BCUT2D eigenvalue weighted by molar-refractivity contribution is 6.32. The van der Waals surface area contributed by atoms with Gasteiger partial charge in [-0.05, 0) is 25.1 Å². The first-order valence-corrected chi connectivity index (χ1v) is 6.36. The number of methoxy groups -OCH3 is 1. The Morgan fingerprint density at radius 2 is 2.33 bits per heavy atom. The molecule has 0 radical (unpaired) electrons. The maximum atomic E-state index is 12.3. The van der Waals surface area contributed by atoms with Gasteiger partial charge in [-0.25, -0.2) is 0 Å². The van der Waals surface area contributed by atoms with Gasteiger partial charge in [0, 0.05) is 31.2 Å². The predicted molar refractivity (Wildman–Crippen MR) is 71.4 cm³/mol. The minimum absolute atomic E-state index is 0.0212. The van der Waals surface area contributed by atoms with Gasteiger partial charge in [0.05, 0.1) is 12.1 Å². The van der Waals surface area contributed by atoms with Crippen LogP contribution in [0.2, 0.25) is 5.02 Å². The Balaban J connectivity index is 2.15. The van der Waals surface area contributed by atoms with Crippen LogP contribution in [-0.4, -0.2) is 43.6 Å². The van der Waals surface area contributed by atoms with Gasteiger partial charge in [0.15, 0.2) is 0 Å². The molecule has 1 atom stereocenters. The standard InChI is InChI=1S/C13H17ClN2O2/c1-9-8-16(6-5-15-9)13(17)10-3-4-12(18-2)11(14)7-10/h3-4,7,9,15H,5-6,8H2,1-2H3. The lowest BCUT2D eigenvalue weighted by Gasteiger charge is -2.32. The molecule has 1 aliphatic rings. The van der Waals surface area contributed by atoms with Crippen LogP contribution in [0, 0.1) is 0 Å². The van der Waals surface area contributed by atoms with E-state index in [1.54, 1.807) is 25.3 Å². The van der Waals surface area contributed by atoms with Crippen molar-refractivity contribution in [3.8, 4) is 5.75 Å². The van der Waals surface area contributed by atoms with Crippen molar-refractivity contribution in [1.82, 2.24) is 10.2 Å². The molecule has 0 saturated carbocycles. The molecule has 0 spiro atoms. The minimum atomic E-state index is 0.0212. The van der Waals surface area contributed by atoms with E-state index in [-0.39, 0.29) is 5.91 Å². The molecular formula is C13H17ClN2O2. The molecule has 4 nitrogen and oxygen atoms in total. The van der Waals surface area contributed by atoms with Crippen LogP contribution in [-0.2, 0) is 0 Å². The fraction of sp³-hybridized carbons (Fsp3) is 0.462. The third-order valence-corrected chi connectivity index (χ3v) is 3.35. The number of hydrogen-bond donors (Lipinski definition) is 1. The summed E-state index contributed by atoms with van der Waals surface area (Å²) in [7, 11) is 1.56. The summed E-state index contributed by atoms with van der Waals surface area (Å²) in [5, 5.41) is 3.77. The Labute approximate surface area is 112 Å². The molecule has 1 unspecified atom stereocenters. The lowest BCUT2D eigenvalue weighted by Crippen LogP contribution is -2.51. The number of carbonyl (C=O) groups excluding carboxylic acids is 1. The molecular weight excluding hydrogens is 252 g/mol. The van der Waals surface area contributed by atoms with Crippen LogP contribution in [0.15, 0.2) is 18.2 Å². The van der Waals surface area contributed by atoms with Crippen LogP contribution in [0.25, 0.3) is 0 Å². The normalized spacial score (nSPS) is 19.7. The summed E-state index contributed by atoms with van der Waals surface area (Å²) in [6.45, 7) is 4.35. The number of benzene rings is 1. The van der Waals surface area contributed by atoms with Gasteiger partial charge in [-0.3, -0.25) is 4.79 Å². The zero-order chi connectivity index (χ0) is 13.1. The monoisotopic (exact) mass is 268 g/mol. The highest BCUT2D eigenvalue weighted by Crippen LogP contribution is 2.25. The topological polar surface area (TPSA) is 41.6 Å². The molecule has 1 fully saturated rings. The van der Waals surface area contributed by atoms with Gasteiger partial charge < -0.3 is 15.0 Å². The number of ether oxygens (including phenoxy) is 1. The van der Waals surface area contributed by atoms with Crippen molar-refractivity contribution in [2.45, 2.75) is 13.0 Å². The number of halogens is 1. The maximum Gasteiger partial charge on any atom is 0.254 e. The first-order valence-electron chi connectivity index (χ1n) is 5.98. The smallest absolute Gasteiger partial charge is 0.254 e. The summed E-state index contributed by atoms with van der Waals surface area (Å²) < 4.78 is 5.08. The summed E-state index contributed by atoms with van der Waals surface area (Å²) in [5.74, 6) is 0.606. The van der Waals surface area contributed by atoms with E-state index in [2.05, 4.69) is 12.2 Å². The second-order valence-electron chi connectivity index (χ2n) is 4.46. The lowest BCUT2D eigenvalue weighted by atomic mass is 10.1. The molecule has 5 heteroatoms.